The highest BCUT2D eigenvalue weighted by atomic mass is 79.9. The number of hydrogen-bond acceptors (Lipinski definition) is 6. The molecule has 1 rings (SSSR count). The van der Waals surface area contributed by atoms with Gasteiger partial charge >= 0.3 is 0 Å². The molecule has 20 heavy (non-hydrogen) atoms. The standard InChI is InChI=1S/C10H17BrN4O3S2/c1-8(16)12-9-13-14-10(19-9)20(17,18)15(2)7-5-3-4-6-11/h3-7H2,1-2H3,(H,12,13,16). The minimum absolute atomic E-state index is 0.107. The second kappa shape index (κ2) is 8.01. The number of alkyl halides is 1. The van der Waals surface area contributed by atoms with Crippen LogP contribution in [0.1, 0.15) is 26.2 Å². The maximum absolute atomic E-state index is 12.2. The topological polar surface area (TPSA) is 92.3 Å². The first-order chi connectivity index (χ1) is 9.37. The van der Waals surface area contributed by atoms with Crippen LogP contribution in [0.3, 0.4) is 0 Å². The maximum Gasteiger partial charge on any atom is 0.272 e. The molecule has 0 unspecified atom stereocenters. The third-order valence-corrected chi connectivity index (χ3v) is 6.03. The predicted octanol–water partition coefficient (Wildman–Crippen LogP) is 1.68. The molecule has 0 saturated heterocycles. The van der Waals surface area contributed by atoms with Gasteiger partial charge in [-0.1, -0.05) is 33.7 Å². The SMILES string of the molecule is CC(=O)Nc1nnc(S(=O)(=O)N(C)CCCCCBr)s1. The lowest BCUT2D eigenvalue weighted by molar-refractivity contribution is -0.114. The molecule has 1 N–H and O–H groups in total. The normalized spacial score (nSPS) is 11.8. The fourth-order valence-electron chi connectivity index (χ4n) is 1.37. The van der Waals surface area contributed by atoms with E-state index in [1.807, 2.05) is 0 Å². The van der Waals surface area contributed by atoms with Gasteiger partial charge < -0.3 is 5.32 Å². The van der Waals surface area contributed by atoms with E-state index in [0.717, 1.165) is 35.9 Å². The number of anilines is 1. The minimum atomic E-state index is -3.63. The van der Waals surface area contributed by atoms with E-state index in [-0.39, 0.29) is 15.4 Å². The van der Waals surface area contributed by atoms with Crippen LogP contribution in [0.5, 0.6) is 0 Å². The Kier molecular flexibility index (Phi) is 7.00. The second-order valence-electron chi connectivity index (χ2n) is 4.13. The van der Waals surface area contributed by atoms with Crippen LogP contribution in [-0.4, -0.2) is 47.8 Å². The number of nitrogens with one attached hydrogen (secondary N) is 1. The first-order valence-electron chi connectivity index (χ1n) is 6.01. The van der Waals surface area contributed by atoms with Crippen molar-refractivity contribution in [2.45, 2.75) is 30.5 Å². The van der Waals surface area contributed by atoms with Gasteiger partial charge in [-0.3, -0.25) is 4.79 Å². The van der Waals surface area contributed by atoms with Crippen molar-refractivity contribution in [2.75, 3.05) is 24.2 Å². The summed E-state index contributed by atoms with van der Waals surface area (Å²) in [7, 11) is -2.11. The lowest BCUT2D eigenvalue weighted by atomic mass is 10.2. The van der Waals surface area contributed by atoms with E-state index in [9.17, 15) is 13.2 Å². The summed E-state index contributed by atoms with van der Waals surface area (Å²) in [4.78, 5) is 10.9. The Bertz CT molecular complexity index is 546. The van der Waals surface area contributed by atoms with Gasteiger partial charge in [-0.15, -0.1) is 10.2 Å². The third-order valence-electron chi connectivity index (χ3n) is 2.43. The molecule has 0 radical (unpaired) electrons. The van der Waals surface area contributed by atoms with Gasteiger partial charge in [0, 0.05) is 25.8 Å². The molecule has 7 nitrogen and oxygen atoms in total. The average molecular weight is 385 g/mol. The first-order valence-corrected chi connectivity index (χ1v) is 9.39. The average Bonchev–Trinajstić information content (AvgIpc) is 2.82. The molecule has 0 aromatic carbocycles. The van der Waals surface area contributed by atoms with Crippen molar-refractivity contribution in [1.29, 1.82) is 0 Å². The lowest BCUT2D eigenvalue weighted by Crippen LogP contribution is -2.27. The van der Waals surface area contributed by atoms with Crippen LogP contribution >= 0.6 is 27.3 Å². The van der Waals surface area contributed by atoms with Crippen LogP contribution < -0.4 is 5.32 Å². The van der Waals surface area contributed by atoms with Crippen molar-refractivity contribution in [3.8, 4) is 0 Å². The first kappa shape index (κ1) is 17.5. The highest BCUT2D eigenvalue weighted by molar-refractivity contribution is 9.09. The number of unbranched alkanes of at least 4 members (excludes halogenated alkanes) is 2. The van der Waals surface area contributed by atoms with Crippen molar-refractivity contribution < 1.29 is 13.2 Å². The van der Waals surface area contributed by atoms with E-state index in [1.54, 1.807) is 0 Å². The molecule has 1 heterocycles. The molecule has 114 valence electrons. The van der Waals surface area contributed by atoms with Gasteiger partial charge in [0.15, 0.2) is 0 Å². The number of rotatable bonds is 8. The Hall–Kier alpha value is -0.580. The molecule has 0 aliphatic carbocycles. The Morgan fingerprint density at radius 2 is 2.05 bits per heavy atom. The minimum Gasteiger partial charge on any atom is -0.301 e. The fourth-order valence-corrected chi connectivity index (χ4v) is 4.11. The Morgan fingerprint density at radius 3 is 2.65 bits per heavy atom. The monoisotopic (exact) mass is 384 g/mol. The van der Waals surface area contributed by atoms with Gasteiger partial charge in [-0.25, -0.2) is 8.42 Å². The summed E-state index contributed by atoms with van der Waals surface area (Å²) < 4.78 is 25.6. The number of halogens is 1. The van der Waals surface area contributed by atoms with Crippen LogP contribution in [0.2, 0.25) is 0 Å². The van der Waals surface area contributed by atoms with Crippen molar-refractivity contribution in [2.24, 2.45) is 0 Å². The van der Waals surface area contributed by atoms with E-state index in [0.29, 0.717) is 6.54 Å². The zero-order chi connectivity index (χ0) is 15.2. The van der Waals surface area contributed by atoms with E-state index in [1.165, 1.54) is 18.3 Å². The molecule has 0 fully saturated rings. The molecule has 0 aliphatic heterocycles. The summed E-state index contributed by atoms with van der Waals surface area (Å²) in [6, 6.07) is 0. The van der Waals surface area contributed by atoms with Crippen molar-refractivity contribution in [3.63, 3.8) is 0 Å². The van der Waals surface area contributed by atoms with Crippen molar-refractivity contribution in [1.82, 2.24) is 14.5 Å². The van der Waals surface area contributed by atoms with Crippen LogP contribution in [0.4, 0.5) is 5.13 Å². The van der Waals surface area contributed by atoms with Crippen LogP contribution in [-0.2, 0) is 14.8 Å². The van der Waals surface area contributed by atoms with Gasteiger partial charge in [-0.2, -0.15) is 4.31 Å². The van der Waals surface area contributed by atoms with Crippen LogP contribution in [0, 0.1) is 0 Å². The molecule has 0 spiro atoms. The zero-order valence-corrected chi connectivity index (χ0v) is 14.5. The summed E-state index contributed by atoms with van der Waals surface area (Å²) in [5.74, 6) is -0.312. The fraction of sp³-hybridized carbons (Fsp3) is 0.700. The highest BCUT2D eigenvalue weighted by Gasteiger charge is 2.25. The molecule has 0 aliphatic rings. The second-order valence-corrected chi connectivity index (χ2v) is 8.12. The molecule has 1 aromatic heterocycles. The third kappa shape index (κ3) is 5.08. The number of carbonyl (C=O) groups is 1. The predicted molar refractivity (Wildman–Crippen MR) is 81.7 cm³/mol. The van der Waals surface area contributed by atoms with E-state index in [4.69, 9.17) is 0 Å². The van der Waals surface area contributed by atoms with Gasteiger partial charge in [0.05, 0.1) is 0 Å². The molecule has 0 bridgehead atoms. The summed E-state index contributed by atoms with van der Waals surface area (Å²) >= 11 is 4.18. The number of nitrogens with zero attached hydrogens (tertiary/aromatic N) is 3. The Balaban J connectivity index is 2.67. The quantitative estimate of drug-likeness (QED) is 0.418. The van der Waals surface area contributed by atoms with Crippen LogP contribution in [0.15, 0.2) is 4.34 Å². The summed E-state index contributed by atoms with van der Waals surface area (Å²) in [5.41, 5.74) is 0. The van der Waals surface area contributed by atoms with Gasteiger partial charge in [0.1, 0.15) is 0 Å². The van der Waals surface area contributed by atoms with E-state index >= 15 is 0 Å². The number of hydrogen-bond donors (Lipinski definition) is 1. The van der Waals surface area contributed by atoms with Crippen molar-refractivity contribution >= 4 is 48.3 Å². The molecule has 10 heteroatoms. The Labute approximate surface area is 130 Å². The number of sulfonamides is 1. The molecule has 1 aromatic rings. The summed E-state index contributed by atoms with van der Waals surface area (Å²) in [6.45, 7) is 1.76. The molecule has 1 amide bonds. The Morgan fingerprint density at radius 1 is 1.35 bits per heavy atom. The van der Waals surface area contributed by atoms with Crippen molar-refractivity contribution in [3.05, 3.63) is 0 Å². The number of amides is 1. The zero-order valence-electron chi connectivity index (χ0n) is 11.3. The lowest BCUT2D eigenvalue weighted by Gasteiger charge is -2.14. The smallest absolute Gasteiger partial charge is 0.272 e. The summed E-state index contributed by atoms with van der Waals surface area (Å²) in [6.07, 6.45) is 2.76. The highest BCUT2D eigenvalue weighted by Crippen LogP contribution is 2.22. The van der Waals surface area contributed by atoms with Crippen LogP contribution in [0.25, 0.3) is 0 Å². The van der Waals surface area contributed by atoms with Gasteiger partial charge in [0.25, 0.3) is 10.0 Å². The molecule has 0 saturated carbocycles. The molecular formula is C10H17BrN4O3S2. The number of aromatic nitrogens is 2. The van der Waals surface area contributed by atoms with E-state index < -0.39 is 10.0 Å². The van der Waals surface area contributed by atoms with E-state index in [2.05, 4.69) is 31.4 Å². The van der Waals surface area contributed by atoms with Gasteiger partial charge in [-0.05, 0) is 12.8 Å². The summed E-state index contributed by atoms with van der Waals surface area (Å²) in [5, 5.41) is 10.8. The molecule has 0 atom stereocenters. The van der Waals surface area contributed by atoms with Gasteiger partial charge in [0.2, 0.25) is 15.4 Å². The molecular weight excluding hydrogens is 368 g/mol. The largest absolute Gasteiger partial charge is 0.301 e. The maximum atomic E-state index is 12.2. The number of carbonyl (C=O) groups excluding carboxylic acids is 1.